The van der Waals surface area contributed by atoms with E-state index < -0.39 is 8.07 Å². The molecule has 0 spiro atoms. The van der Waals surface area contributed by atoms with Gasteiger partial charge >= 0.3 is 0 Å². The molecule has 0 radical (unpaired) electrons. The average Bonchev–Trinajstić information content (AvgIpc) is 4.08. The van der Waals surface area contributed by atoms with E-state index in [4.69, 9.17) is 0 Å². The number of fused-ring (bicyclic) bond motifs is 9. The zero-order valence-corrected chi connectivity index (χ0v) is 39.3. The Labute approximate surface area is 407 Å². The van der Waals surface area contributed by atoms with Gasteiger partial charge in [-0.2, -0.15) is 0 Å². The minimum Gasteiger partial charge on any atom is -0.309 e. The van der Waals surface area contributed by atoms with E-state index in [0.29, 0.717) is 0 Å². The minimum absolute atomic E-state index is 1.12. The van der Waals surface area contributed by atoms with Crippen molar-refractivity contribution in [1.29, 1.82) is 0 Å². The van der Waals surface area contributed by atoms with Crippen LogP contribution in [0.2, 0.25) is 0 Å². The molecule has 3 aromatic heterocycles. The number of aromatic nitrogens is 3. The second kappa shape index (κ2) is 16.1. The fraction of sp³-hybridized carbons (Fsp3) is 0. The second-order valence-corrected chi connectivity index (χ2v) is 22.2. The highest BCUT2D eigenvalue weighted by atomic mass is 28.3. The summed E-state index contributed by atoms with van der Waals surface area (Å²) in [6.45, 7) is 0. The van der Waals surface area contributed by atoms with Crippen molar-refractivity contribution < 1.29 is 0 Å². The van der Waals surface area contributed by atoms with Crippen molar-refractivity contribution >= 4 is 94.2 Å². The van der Waals surface area contributed by atoms with Crippen LogP contribution in [0, 0.1) is 0 Å². The predicted molar refractivity (Wildman–Crippen MR) is 299 cm³/mol. The van der Waals surface area contributed by atoms with E-state index in [1.165, 1.54) is 91.9 Å². The molecule has 3 heterocycles. The van der Waals surface area contributed by atoms with Crippen LogP contribution in [0.15, 0.2) is 273 Å². The van der Waals surface area contributed by atoms with Gasteiger partial charge in [-0.05, 0) is 86.5 Å². The molecule has 70 heavy (non-hydrogen) atoms. The molecular formula is C66H45N3Si. The molecule has 328 valence electrons. The van der Waals surface area contributed by atoms with Gasteiger partial charge in [0.1, 0.15) is 0 Å². The fourth-order valence-electron chi connectivity index (χ4n) is 11.8. The zero-order chi connectivity index (χ0) is 46.2. The van der Waals surface area contributed by atoms with Crippen molar-refractivity contribution in [3.05, 3.63) is 273 Å². The number of benzene rings is 11. The number of nitrogens with zero attached hydrogens (tertiary/aromatic N) is 3. The fourth-order valence-corrected chi connectivity index (χ4v) is 16.8. The third-order valence-corrected chi connectivity index (χ3v) is 19.6. The zero-order valence-electron chi connectivity index (χ0n) is 38.3. The molecule has 0 aliphatic heterocycles. The summed E-state index contributed by atoms with van der Waals surface area (Å²) in [5, 5.41) is 12.7. The Kier molecular flexibility index (Phi) is 9.23. The van der Waals surface area contributed by atoms with E-state index >= 15 is 0 Å². The van der Waals surface area contributed by atoms with E-state index in [1.807, 2.05) is 0 Å². The van der Waals surface area contributed by atoms with Gasteiger partial charge in [0.15, 0.2) is 8.07 Å². The van der Waals surface area contributed by atoms with Crippen LogP contribution in [0.3, 0.4) is 0 Å². The molecule has 0 fully saturated rings. The molecule has 14 aromatic rings. The molecule has 11 aromatic carbocycles. The first-order valence-corrected chi connectivity index (χ1v) is 26.2. The van der Waals surface area contributed by atoms with E-state index in [1.54, 1.807) is 0 Å². The first-order valence-electron chi connectivity index (χ1n) is 24.2. The molecule has 0 atom stereocenters. The topological polar surface area (TPSA) is 14.8 Å². The van der Waals surface area contributed by atoms with Crippen LogP contribution in [-0.2, 0) is 0 Å². The van der Waals surface area contributed by atoms with Crippen LogP contribution in [0.4, 0.5) is 0 Å². The summed E-state index contributed by atoms with van der Waals surface area (Å²) in [6, 6.07) is 102. The standard InChI is InChI=1S/C66H45N3Si/c1-5-22-46(23-6-1)47-40-42-48(43-41-47)67-58-35-17-15-32-54(58)56-34-21-39-62(66(56)67)69-61-38-20-16-33-55(61)57-44-65(64(45-63(57)69)68-59-36-18-13-30-52(59)53-31-14-19-37-60(53)68)70(49-24-7-2-8-25-49,50-26-9-3-10-27-50)51-28-11-4-12-29-51/h1-45H. The molecular weight excluding hydrogens is 863 g/mol. The largest absolute Gasteiger partial charge is 0.309 e. The normalized spacial score (nSPS) is 12.0. The highest BCUT2D eigenvalue weighted by Gasteiger charge is 2.44. The Balaban J connectivity index is 1.16. The van der Waals surface area contributed by atoms with Gasteiger partial charge in [-0.25, -0.2) is 0 Å². The molecule has 0 bridgehead atoms. The third-order valence-electron chi connectivity index (χ3n) is 14.8. The summed E-state index contributed by atoms with van der Waals surface area (Å²) in [4.78, 5) is 0. The first kappa shape index (κ1) is 40.1. The SMILES string of the molecule is c1ccc(-c2ccc(-n3c4ccccc4c4cccc(-n5c6ccccc6c6cc([Si](c7ccccc7)(c7ccccc7)c7ccccc7)c(-n7c8ccccc8c8ccccc87)cc65)c43)cc2)cc1. The summed E-state index contributed by atoms with van der Waals surface area (Å²) >= 11 is 0. The quantitative estimate of drug-likeness (QED) is 0.107. The van der Waals surface area contributed by atoms with Crippen molar-refractivity contribution in [3.8, 4) is 28.2 Å². The van der Waals surface area contributed by atoms with Crippen LogP contribution in [-0.4, -0.2) is 21.8 Å². The van der Waals surface area contributed by atoms with Crippen LogP contribution in [0.1, 0.15) is 0 Å². The van der Waals surface area contributed by atoms with Gasteiger partial charge in [-0.15, -0.1) is 0 Å². The van der Waals surface area contributed by atoms with Gasteiger partial charge in [0.25, 0.3) is 0 Å². The van der Waals surface area contributed by atoms with Crippen LogP contribution in [0.5, 0.6) is 0 Å². The molecule has 0 unspecified atom stereocenters. The van der Waals surface area contributed by atoms with E-state index in [-0.39, 0.29) is 0 Å². The molecule has 0 saturated carbocycles. The van der Waals surface area contributed by atoms with E-state index in [0.717, 1.165) is 22.4 Å². The lowest BCUT2D eigenvalue weighted by Crippen LogP contribution is -2.75. The molecule has 3 nitrogen and oxygen atoms in total. The molecule has 0 saturated heterocycles. The third kappa shape index (κ3) is 5.94. The summed E-state index contributed by atoms with van der Waals surface area (Å²) in [5.41, 5.74) is 12.9. The summed E-state index contributed by atoms with van der Waals surface area (Å²) in [5.74, 6) is 0. The predicted octanol–water partition coefficient (Wildman–Crippen LogP) is 14.0. The number of para-hydroxylation sites is 5. The minimum atomic E-state index is -3.13. The molecule has 0 amide bonds. The summed E-state index contributed by atoms with van der Waals surface area (Å²) in [6.07, 6.45) is 0. The monoisotopic (exact) mass is 907 g/mol. The molecule has 0 aliphatic carbocycles. The number of hydrogen-bond acceptors (Lipinski definition) is 0. The number of rotatable bonds is 8. The summed E-state index contributed by atoms with van der Waals surface area (Å²) in [7, 11) is -3.13. The first-order chi connectivity index (χ1) is 34.8. The van der Waals surface area contributed by atoms with Crippen LogP contribution >= 0.6 is 0 Å². The molecule has 14 rings (SSSR count). The van der Waals surface area contributed by atoms with Gasteiger partial charge < -0.3 is 13.7 Å². The maximum Gasteiger partial charge on any atom is 0.181 e. The maximum absolute atomic E-state index is 3.13. The highest BCUT2D eigenvalue weighted by Crippen LogP contribution is 2.41. The van der Waals surface area contributed by atoms with Gasteiger partial charge in [-0.1, -0.05) is 218 Å². The van der Waals surface area contributed by atoms with E-state index in [2.05, 4.69) is 287 Å². The average molecular weight is 908 g/mol. The Bertz CT molecular complexity index is 4110. The molecule has 0 N–H and O–H groups in total. The Hall–Kier alpha value is -8.96. The Morgan fingerprint density at radius 3 is 1.14 bits per heavy atom. The molecule has 4 heteroatoms. The van der Waals surface area contributed by atoms with Gasteiger partial charge in [-0.3, -0.25) is 0 Å². The lowest BCUT2D eigenvalue weighted by molar-refractivity contribution is 1.13. The van der Waals surface area contributed by atoms with Crippen molar-refractivity contribution in [2.24, 2.45) is 0 Å². The van der Waals surface area contributed by atoms with Crippen molar-refractivity contribution in [2.45, 2.75) is 0 Å². The van der Waals surface area contributed by atoms with Crippen molar-refractivity contribution in [3.63, 3.8) is 0 Å². The van der Waals surface area contributed by atoms with Gasteiger partial charge in [0, 0.05) is 43.7 Å². The van der Waals surface area contributed by atoms with Crippen LogP contribution < -0.4 is 20.7 Å². The highest BCUT2D eigenvalue weighted by molar-refractivity contribution is 7.20. The Morgan fingerprint density at radius 1 is 0.243 bits per heavy atom. The second-order valence-electron chi connectivity index (χ2n) is 18.4. The smallest absolute Gasteiger partial charge is 0.181 e. The van der Waals surface area contributed by atoms with Gasteiger partial charge in [0.2, 0.25) is 0 Å². The van der Waals surface area contributed by atoms with Crippen molar-refractivity contribution in [2.75, 3.05) is 0 Å². The van der Waals surface area contributed by atoms with E-state index in [9.17, 15) is 0 Å². The van der Waals surface area contributed by atoms with Crippen molar-refractivity contribution in [1.82, 2.24) is 13.7 Å². The Morgan fingerprint density at radius 2 is 0.629 bits per heavy atom. The lowest BCUT2D eigenvalue weighted by atomic mass is 10.1. The molecule has 0 aliphatic rings. The lowest BCUT2D eigenvalue weighted by Gasteiger charge is -2.36. The maximum atomic E-state index is 2.60. The number of hydrogen-bond donors (Lipinski definition) is 0. The van der Waals surface area contributed by atoms with Crippen LogP contribution in [0.25, 0.3) is 93.6 Å². The van der Waals surface area contributed by atoms with Gasteiger partial charge in [0.05, 0.1) is 38.8 Å². The summed E-state index contributed by atoms with van der Waals surface area (Å²) < 4.78 is 7.61.